The zero-order chi connectivity index (χ0) is 21.1. The summed E-state index contributed by atoms with van der Waals surface area (Å²) in [7, 11) is 0. The van der Waals surface area contributed by atoms with Crippen molar-refractivity contribution in [3.05, 3.63) is 95.3 Å². The van der Waals surface area contributed by atoms with E-state index in [0.29, 0.717) is 11.8 Å². The van der Waals surface area contributed by atoms with E-state index in [1.807, 2.05) is 36.4 Å². The van der Waals surface area contributed by atoms with Crippen molar-refractivity contribution >= 4 is 17.6 Å². The number of halogens is 1. The van der Waals surface area contributed by atoms with Gasteiger partial charge in [-0.15, -0.1) is 0 Å². The molecule has 0 radical (unpaired) electrons. The van der Waals surface area contributed by atoms with E-state index in [1.165, 1.54) is 29.5 Å². The SMILES string of the molecule is Cc1cc(Nc2ccc(F)cc2)c(C=N)cc1C12CNCC1C2C.c1ccccc1. The lowest BCUT2D eigenvalue weighted by Crippen LogP contribution is -2.23. The predicted octanol–water partition coefficient (Wildman–Crippen LogP) is 5.67. The van der Waals surface area contributed by atoms with Gasteiger partial charge in [-0.1, -0.05) is 43.3 Å². The fourth-order valence-electron chi connectivity index (χ4n) is 4.88. The Morgan fingerprint density at radius 3 is 2.23 bits per heavy atom. The minimum atomic E-state index is -0.249. The van der Waals surface area contributed by atoms with Crippen molar-refractivity contribution in [3.8, 4) is 0 Å². The summed E-state index contributed by atoms with van der Waals surface area (Å²) in [6.45, 7) is 6.60. The van der Waals surface area contributed by atoms with Crippen LogP contribution in [0.5, 0.6) is 0 Å². The van der Waals surface area contributed by atoms with E-state index in [0.717, 1.165) is 30.0 Å². The van der Waals surface area contributed by atoms with Crippen LogP contribution in [0.15, 0.2) is 72.8 Å². The van der Waals surface area contributed by atoms with Crippen molar-refractivity contribution in [1.29, 1.82) is 5.41 Å². The normalized spacial score (nSPS) is 23.7. The number of benzene rings is 3. The maximum Gasteiger partial charge on any atom is 0.123 e. The Morgan fingerprint density at radius 2 is 1.70 bits per heavy atom. The molecule has 3 nitrogen and oxygen atoms in total. The highest BCUT2D eigenvalue weighted by molar-refractivity contribution is 5.88. The molecule has 154 valence electrons. The van der Waals surface area contributed by atoms with E-state index < -0.39 is 0 Å². The highest BCUT2D eigenvalue weighted by atomic mass is 19.1. The van der Waals surface area contributed by atoms with Crippen LogP contribution in [0.25, 0.3) is 0 Å². The molecular formula is C26H28FN3. The maximum absolute atomic E-state index is 13.1. The van der Waals surface area contributed by atoms with E-state index in [4.69, 9.17) is 5.41 Å². The highest BCUT2D eigenvalue weighted by Crippen LogP contribution is 2.62. The van der Waals surface area contributed by atoms with Gasteiger partial charge in [0.25, 0.3) is 0 Å². The Morgan fingerprint density at radius 1 is 1.07 bits per heavy atom. The Hall–Kier alpha value is -2.98. The molecule has 0 spiro atoms. The first-order valence-corrected chi connectivity index (χ1v) is 10.4. The second-order valence-electron chi connectivity index (χ2n) is 8.25. The largest absolute Gasteiger partial charge is 0.355 e. The summed E-state index contributed by atoms with van der Waals surface area (Å²) < 4.78 is 13.1. The van der Waals surface area contributed by atoms with Gasteiger partial charge in [-0.05, 0) is 72.8 Å². The fourth-order valence-corrected chi connectivity index (χ4v) is 4.88. The summed E-state index contributed by atoms with van der Waals surface area (Å²) in [6, 6.07) is 22.6. The molecule has 1 heterocycles. The number of fused-ring (bicyclic) bond motifs is 1. The third-order valence-electron chi connectivity index (χ3n) is 6.59. The lowest BCUT2D eigenvalue weighted by Gasteiger charge is -2.20. The first kappa shape index (κ1) is 20.3. The molecule has 3 atom stereocenters. The zero-order valence-corrected chi connectivity index (χ0v) is 17.5. The lowest BCUT2D eigenvalue weighted by atomic mass is 9.87. The van der Waals surface area contributed by atoms with Gasteiger partial charge in [0.05, 0.1) is 0 Å². The van der Waals surface area contributed by atoms with E-state index in [-0.39, 0.29) is 11.2 Å². The van der Waals surface area contributed by atoms with Gasteiger partial charge in [0.15, 0.2) is 0 Å². The first-order chi connectivity index (χ1) is 14.6. The van der Waals surface area contributed by atoms with Crippen LogP contribution < -0.4 is 10.6 Å². The fraction of sp³-hybridized carbons (Fsp3) is 0.269. The van der Waals surface area contributed by atoms with Crippen molar-refractivity contribution in [3.63, 3.8) is 0 Å². The molecule has 0 bridgehead atoms. The number of nitrogens with one attached hydrogen (secondary N) is 3. The molecule has 1 aliphatic carbocycles. The number of piperidine rings is 1. The number of hydrogen-bond acceptors (Lipinski definition) is 3. The smallest absolute Gasteiger partial charge is 0.123 e. The molecule has 4 heteroatoms. The zero-order valence-electron chi connectivity index (χ0n) is 17.5. The van der Waals surface area contributed by atoms with E-state index in [1.54, 1.807) is 12.1 Å². The molecule has 2 aliphatic rings. The number of anilines is 2. The Kier molecular flexibility index (Phi) is 5.69. The van der Waals surface area contributed by atoms with Crippen molar-refractivity contribution in [2.45, 2.75) is 19.3 Å². The molecule has 5 rings (SSSR count). The van der Waals surface area contributed by atoms with Crippen molar-refractivity contribution in [2.24, 2.45) is 11.8 Å². The van der Waals surface area contributed by atoms with Gasteiger partial charge >= 0.3 is 0 Å². The first-order valence-electron chi connectivity index (χ1n) is 10.4. The third kappa shape index (κ3) is 3.75. The van der Waals surface area contributed by atoms with Gasteiger partial charge < -0.3 is 16.0 Å². The lowest BCUT2D eigenvalue weighted by molar-refractivity contribution is 0.589. The number of rotatable bonds is 4. The van der Waals surface area contributed by atoms with Crippen LogP contribution in [0.2, 0.25) is 0 Å². The quantitative estimate of drug-likeness (QED) is 0.493. The Balaban J connectivity index is 0.000000313. The highest BCUT2D eigenvalue weighted by Gasteiger charge is 2.65. The minimum Gasteiger partial charge on any atom is -0.355 e. The second kappa shape index (κ2) is 8.41. The molecule has 1 saturated carbocycles. The maximum atomic E-state index is 13.1. The summed E-state index contributed by atoms with van der Waals surface area (Å²) in [6.07, 6.45) is 1.40. The Labute approximate surface area is 177 Å². The standard InChI is InChI=1S/C20H22FN3.C6H6/c1-12-7-19(24-16-5-3-15(21)4-6-16)14(9-22)8-17(12)20-11-23-10-18(20)13(20)2;1-2-4-6-5-3-1/h3-9,13,18,22-24H,10-11H2,1-2H3;1-6H. The summed E-state index contributed by atoms with van der Waals surface area (Å²) in [5.41, 5.74) is 5.46. The van der Waals surface area contributed by atoms with Crippen molar-refractivity contribution in [1.82, 2.24) is 5.32 Å². The molecule has 30 heavy (non-hydrogen) atoms. The van der Waals surface area contributed by atoms with Gasteiger partial charge in [-0.3, -0.25) is 0 Å². The van der Waals surface area contributed by atoms with Crippen LogP contribution in [0, 0.1) is 30.0 Å². The monoisotopic (exact) mass is 401 g/mol. The van der Waals surface area contributed by atoms with Gasteiger partial charge in [-0.25, -0.2) is 4.39 Å². The Bertz CT molecular complexity index is 990. The van der Waals surface area contributed by atoms with E-state index in [2.05, 4.69) is 36.6 Å². The molecular weight excluding hydrogens is 373 g/mol. The average Bonchev–Trinajstić information content (AvgIpc) is 3.12. The molecule has 1 aliphatic heterocycles. The average molecular weight is 402 g/mol. The summed E-state index contributed by atoms with van der Waals surface area (Å²) in [5.74, 6) is 1.17. The van der Waals surface area contributed by atoms with Crippen molar-refractivity contribution in [2.75, 3.05) is 18.4 Å². The van der Waals surface area contributed by atoms with Gasteiger partial charge in [0.1, 0.15) is 5.82 Å². The molecule has 3 N–H and O–H groups in total. The van der Waals surface area contributed by atoms with Crippen LogP contribution in [0.3, 0.4) is 0 Å². The van der Waals surface area contributed by atoms with Crippen LogP contribution >= 0.6 is 0 Å². The van der Waals surface area contributed by atoms with Gasteiger partial charge in [0, 0.05) is 35.1 Å². The van der Waals surface area contributed by atoms with Crippen LogP contribution in [0.4, 0.5) is 15.8 Å². The van der Waals surface area contributed by atoms with E-state index in [9.17, 15) is 4.39 Å². The summed E-state index contributed by atoms with van der Waals surface area (Å²) in [5, 5.41) is 14.6. The molecule has 1 saturated heterocycles. The minimum absolute atomic E-state index is 0.246. The number of hydrogen-bond donors (Lipinski definition) is 3. The number of aryl methyl sites for hydroxylation is 1. The molecule has 0 aromatic heterocycles. The molecule has 0 amide bonds. The van der Waals surface area contributed by atoms with Crippen molar-refractivity contribution < 1.29 is 4.39 Å². The molecule has 3 unspecified atom stereocenters. The molecule has 2 fully saturated rings. The summed E-state index contributed by atoms with van der Waals surface area (Å²) >= 11 is 0. The van der Waals surface area contributed by atoms with Crippen LogP contribution in [-0.4, -0.2) is 19.3 Å². The topological polar surface area (TPSA) is 47.9 Å². The van der Waals surface area contributed by atoms with Gasteiger partial charge in [0.2, 0.25) is 0 Å². The van der Waals surface area contributed by atoms with E-state index >= 15 is 0 Å². The predicted molar refractivity (Wildman–Crippen MR) is 122 cm³/mol. The molecule has 3 aromatic carbocycles. The second-order valence-corrected chi connectivity index (χ2v) is 8.25. The third-order valence-corrected chi connectivity index (χ3v) is 6.59. The summed E-state index contributed by atoms with van der Waals surface area (Å²) in [4.78, 5) is 0. The molecule has 3 aromatic rings. The van der Waals surface area contributed by atoms with Gasteiger partial charge in [-0.2, -0.15) is 0 Å². The van der Waals surface area contributed by atoms with Crippen LogP contribution in [-0.2, 0) is 5.41 Å². The van der Waals surface area contributed by atoms with Crippen LogP contribution in [0.1, 0.15) is 23.6 Å².